The number of benzene rings is 9. The Morgan fingerprint density at radius 3 is 1.12 bits per heavy atom. The van der Waals surface area contributed by atoms with E-state index in [9.17, 15) is 0 Å². The Bertz CT molecular complexity index is 3170. The van der Waals surface area contributed by atoms with Crippen LogP contribution in [0.15, 0.2) is 231 Å². The van der Waals surface area contributed by atoms with Crippen LogP contribution < -0.4 is 9.80 Å². The second kappa shape index (κ2) is 15.1. The van der Waals surface area contributed by atoms with Crippen molar-refractivity contribution in [3.05, 3.63) is 264 Å². The molecule has 2 nitrogen and oxygen atoms in total. The maximum atomic E-state index is 2.56. The molecule has 0 aliphatic heterocycles. The van der Waals surface area contributed by atoms with E-state index >= 15 is 0 Å². The average Bonchev–Trinajstić information content (AvgIpc) is 3.86. The predicted octanol–water partition coefficient (Wildman–Crippen LogP) is 16.7. The molecule has 0 aromatic heterocycles. The highest BCUT2D eigenvalue weighted by Gasteiger charge is 2.59. The van der Waals surface area contributed by atoms with E-state index in [2.05, 4.69) is 240 Å². The van der Waals surface area contributed by atoms with Gasteiger partial charge in [-0.05, 0) is 173 Å². The van der Waals surface area contributed by atoms with Crippen molar-refractivity contribution in [3.8, 4) is 22.3 Å². The molecule has 0 amide bonds. The zero-order chi connectivity index (χ0) is 44.1. The van der Waals surface area contributed by atoms with Crippen molar-refractivity contribution in [2.45, 2.75) is 42.9 Å². The number of para-hydroxylation sites is 3. The van der Waals surface area contributed by atoms with Crippen LogP contribution in [0.5, 0.6) is 0 Å². The number of anilines is 6. The van der Waals surface area contributed by atoms with Gasteiger partial charge in [-0.25, -0.2) is 0 Å². The fourth-order valence-electron chi connectivity index (χ4n) is 14.7. The van der Waals surface area contributed by atoms with E-state index in [1.54, 1.807) is 0 Å². The monoisotopic (exact) mass is 860 g/mol. The van der Waals surface area contributed by atoms with Gasteiger partial charge in [0.2, 0.25) is 0 Å². The van der Waals surface area contributed by atoms with Gasteiger partial charge < -0.3 is 9.80 Å². The average molecular weight is 861 g/mol. The van der Waals surface area contributed by atoms with Gasteiger partial charge in [0.1, 0.15) is 0 Å². The Hall–Kier alpha value is -7.42. The molecular formula is C65H52N2. The van der Waals surface area contributed by atoms with E-state index in [1.165, 1.54) is 116 Å². The second-order valence-corrected chi connectivity index (χ2v) is 20.0. The summed E-state index contributed by atoms with van der Waals surface area (Å²) in [5.41, 5.74) is 20.3. The van der Waals surface area contributed by atoms with Crippen molar-refractivity contribution in [2.75, 3.05) is 9.80 Å². The lowest BCUT2D eigenvalue weighted by atomic mass is 9.42. The molecule has 9 aromatic carbocycles. The lowest BCUT2D eigenvalue weighted by Crippen LogP contribution is -2.56. The highest BCUT2D eigenvalue weighted by Crippen LogP contribution is 2.67. The van der Waals surface area contributed by atoms with Gasteiger partial charge in [0.25, 0.3) is 0 Å². The summed E-state index contributed by atoms with van der Waals surface area (Å²) in [6, 6.07) is 87.0. The summed E-state index contributed by atoms with van der Waals surface area (Å²) in [6.45, 7) is 0. The highest BCUT2D eigenvalue weighted by atomic mass is 15.2. The first kappa shape index (κ1) is 38.8. The number of nitrogens with zero attached hydrogens (tertiary/aromatic N) is 2. The second-order valence-electron chi connectivity index (χ2n) is 20.0. The van der Waals surface area contributed by atoms with E-state index < -0.39 is 5.41 Å². The Balaban J connectivity index is 0.932. The van der Waals surface area contributed by atoms with Gasteiger partial charge in [-0.3, -0.25) is 0 Å². The molecule has 0 unspecified atom stereocenters. The molecule has 1 spiro atoms. The summed E-state index contributed by atoms with van der Waals surface area (Å²) in [5.74, 6) is 2.97. The minimum Gasteiger partial charge on any atom is -0.311 e. The zero-order valence-corrected chi connectivity index (χ0v) is 37.7. The SMILES string of the molecule is c1ccc(N(c2ccccc2)c2ccc(C3(c4ccc(N(c5ccccc5)c5cccc6c5C5(c7ccccc7-c7ccccc75)c5ccccc5-6)cc4)C4CC5CC(C4)CC3C5)cc2)cc1. The van der Waals surface area contributed by atoms with Gasteiger partial charge in [-0.15, -0.1) is 0 Å². The molecule has 67 heavy (non-hydrogen) atoms. The first-order valence-electron chi connectivity index (χ1n) is 24.6. The van der Waals surface area contributed by atoms with Crippen molar-refractivity contribution in [2.24, 2.45) is 23.7 Å². The zero-order valence-electron chi connectivity index (χ0n) is 37.7. The van der Waals surface area contributed by atoms with Gasteiger partial charge in [0, 0.05) is 39.4 Å². The van der Waals surface area contributed by atoms with E-state index in [-0.39, 0.29) is 5.41 Å². The van der Waals surface area contributed by atoms with Gasteiger partial charge >= 0.3 is 0 Å². The van der Waals surface area contributed by atoms with Crippen molar-refractivity contribution in [1.29, 1.82) is 0 Å². The molecule has 0 atom stereocenters. The highest BCUT2D eigenvalue weighted by molar-refractivity contribution is 5.99. The molecule has 6 aliphatic rings. The van der Waals surface area contributed by atoms with Crippen LogP contribution >= 0.6 is 0 Å². The van der Waals surface area contributed by atoms with E-state index in [1.807, 2.05) is 0 Å². The van der Waals surface area contributed by atoms with Crippen LogP contribution in [0.3, 0.4) is 0 Å². The molecule has 4 bridgehead atoms. The quantitative estimate of drug-likeness (QED) is 0.150. The maximum Gasteiger partial charge on any atom is 0.0746 e. The normalized spacial score (nSPS) is 21.9. The Labute approximate surface area is 394 Å². The number of fused-ring (bicyclic) bond motifs is 10. The van der Waals surface area contributed by atoms with Gasteiger partial charge in [-0.1, -0.05) is 164 Å². The smallest absolute Gasteiger partial charge is 0.0746 e. The Morgan fingerprint density at radius 1 is 0.299 bits per heavy atom. The van der Waals surface area contributed by atoms with Crippen LogP contribution in [-0.4, -0.2) is 0 Å². The summed E-state index contributed by atoms with van der Waals surface area (Å²) < 4.78 is 0. The van der Waals surface area contributed by atoms with Crippen LogP contribution in [0.1, 0.15) is 65.5 Å². The van der Waals surface area contributed by atoms with E-state index in [0.717, 1.165) is 17.5 Å². The summed E-state index contributed by atoms with van der Waals surface area (Å²) in [5, 5.41) is 0. The van der Waals surface area contributed by atoms with Crippen molar-refractivity contribution in [3.63, 3.8) is 0 Å². The summed E-state index contributed by atoms with van der Waals surface area (Å²) >= 11 is 0. The molecule has 0 radical (unpaired) electrons. The van der Waals surface area contributed by atoms with Crippen LogP contribution in [0.4, 0.5) is 34.1 Å². The third kappa shape index (κ3) is 5.56. The Morgan fingerprint density at radius 2 is 0.657 bits per heavy atom. The summed E-state index contributed by atoms with van der Waals surface area (Å²) in [6.07, 6.45) is 6.74. The topological polar surface area (TPSA) is 6.48 Å². The minimum atomic E-state index is -0.462. The molecule has 0 N–H and O–H groups in total. The third-order valence-corrected chi connectivity index (χ3v) is 16.9. The predicted molar refractivity (Wildman–Crippen MR) is 276 cm³/mol. The largest absolute Gasteiger partial charge is 0.311 e. The molecule has 0 saturated heterocycles. The summed E-state index contributed by atoms with van der Waals surface area (Å²) in [4.78, 5) is 4.95. The van der Waals surface area contributed by atoms with Gasteiger partial charge in [0.15, 0.2) is 0 Å². The van der Waals surface area contributed by atoms with Crippen molar-refractivity contribution in [1.82, 2.24) is 0 Å². The maximum absolute atomic E-state index is 2.56. The lowest BCUT2D eigenvalue weighted by molar-refractivity contribution is -0.0418. The number of hydrogen-bond acceptors (Lipinski definition) is 2. The molecular weight excluding hydrogens is 809 g/mol. The van der Waals surface area contributed by atoms with Crippen LogP contribution in [0.25, 0.3) is 22.3 Å². The molecule has 0 heterocycles. The number of hydrogen-bond donors (Lipinski definition) is 0. The summed E-state index contributed by atoms with van der Waals surface area (Å²) in [7, 11) is 0. The van der Waals surface area contributed by atoms with Crippen LogP contribution in [0, 0.1) is 23.7 Å². The van der Waals surface area contributed by atoms with E-state index in [4.69, 9.17) is 0 Å². The minimum absolute atomic E-state index is 0.0383. The first-order valence-corrected chi connectivity index (χ1v) is 24.6. The molecule has 15 rings (SSSR count). The molecule has 4 saturated carbocycles. The fraction of sp³-hybridized carbons (Fsp3) is 0.169. The molecule has 9 aromatic rings. The molecule has 6 aliphatic carbocycles. The van der Waals surface area contributed by atoms with E-state index in [0.29, 0.717) is 11.8 Å². The third-order valence-electron chi connectivity index (χ3n) is 16.9. The lowest BCUT2D eigenvalue weighted by Gasteiger charge is -2.62. The first-order chi connectivity index (χ1) is 33.2. The standard InChI is InChI=1S/C65H52N2/c1-4-17-50(18-5-1)66(51-19-6-2-7-20-51)53-35-31-46(32-36-53)64(48-40-44-39-45(42-48)43-49(64)41-44)47-33-37-54(38-34-47)67(52-21-8-3-9-22-52)62-30-16-26-58-57-25-12-15-29-61(57)65(63(58)62)59-27-13-10-23-55(59)56-24-11-14-28-60(56)65/h1-38,44-45,48-49H,39-43H2. The molecule has 4 fully saturated rings. The molecule has 322 valence electrons. The van der Waals surface area contributed by atoms with Gasteiger partial charge in [0.05, 0.1) is 11.1 Å². The van der Waals surface area contributed by atoms with Crippen LogP contribution in [-0.2, 0) is 10.8 Å². The van der Waals surface area contributed by atoms with Crippen molar-refractivity contribution < 1.29 is 0 Å². The number of rotatable bonds is 8. The van der Waals surface area contributed by atoms with Crippen molar-refractivity contribution >= 4 is 34.1 Å². The molecule has 2 heteroatoms. The fourth-order valence-corrected chi connectivity index (χ4v) is 14.7. The van der Waals surface area contributed by atoms with Gasteiger partial charge in [-0.2, -0.15) is 0 Å². The Kier molecular flexibility index (Phi) is 8.72. The van der Waals surface area contributed by atoms with Crippen LogP contribution in [0.2, 0.25) is 0 Å².